The van der Waals surface area contributed by atoms with Gasteiger partial charge in [-0.25, -0.2) is 0 Å². The molecule has 15 heavy (non-hydrogen) atoms. The molecule has 1 heterocycles. The lowest BCUT2D eigenvalue weighted by molar-refractivity contribution is -0.121. The van der Waals surface area contributed by atoms with Gasteiger partial charge in [0.05, 0.1) is 0 Å². The Morgan fingerprint density at radius 2 is 2.33 bits per heavy atom. The third-order valence-corrected chi connectivity index (χ3v) is 2.98. The van der Waals surface area contributed by atoms with Gasteiger partial charge >= 0.3 is 0 Å². The summed E-state index contributed by atoms with van der Waals surface area (Å²) >= 11 is 0. The quantitative estimate of drug-likeness (QED) is 0.632. The first-order chi connectivity index (χ1) is 7.33. The number of hydrogen-bond donors (Lipinski definition) is 2. The zero-order valence-corrected chi connectivity index (χ0v) is 9.85. The first kappa shape index (κ1) is 12.5. The Hall–Kier alpha value is -0.570. The van der Waals surface area contributed by atoms with Crippen LogP contribution in [0, 0.1) is 0 Å². The van der Waals surface area contributed by atoms with Crippen molar-refractivity contribution in [1.82, 2.24) is 10.6 Å². The summed E-state index contributed by atoms with van der Waals surface area (Å²) in [6.07, 6.45) is 7.72. The molecule has 1 saturated heterocycles. The first-order valence-corrected chi connectivity index (χ1v) is 6.33. The van der Waals surface area contributed by atoms with Gasteiger partial charge in [-0.1, -0.05) is 19.8 Å². The van der Waals surface area contributed by atoms with Gasteiger partial charge in [-0.3, -0.25) is 4.79 Å². The van der Waals surface area contributed by atoms with Gasteiger partial charge in [0.1, 0.15) is 0 Å². The van der Waals surface area contributed by atoms with E-state index in [4.69, 9.17) is 0 Å². The van der Waals surface area contributed by atoms with Crippen LogP contribution in [-0.2, 0) is 4.79 Å². The topological polar surface area (TPSA) is 41.1 Å². The third kappa shape index (κ3) is 5.78. The molecule has 1 aliphatic rings. The number of amides is 1. The standard InChI is InChI=1S/C12H24N2O/c1-2-3-4-7-12(15)14-10-8-11-6-5-9-13-11/h11,13H,2-10H2,1H3,(H,14,15)/t11-/m0/s1. The van der Waals surface area contributed by atoms with Crippen molar-refractivity contribution in [3.05, 3.63) is 0 Å². The maximum Gasteiger partial charge on any atom is 0.219 e. The molecule has 1 atom stereocenters. The largest absolute Gasteiger partial charge is 0.356 e. The summed E-state index contributed by atoms with van der Waals surface area (Å²) in [7, 11) is 0. The molecule has 0 aromatic rings. The smallest absolute Gasteiger partial charge is 0.219 e. The van der Waals surface area contributed by atoms with Crippen LogP contribution in [0.3, 0.4) is 0 Å². The van der Waals surface area contributed by atoms with E-state index in [9.17, 15) is 4.79 Å². The van der Waals surface area contributed by atoms with Crippen molar-refractivity contribution >= 4 is 5.91 Å². The predicted molar refractivity (Wildman–Crippen MR) is 62.8 cm³/mol. The minimum atomic E-state index is 0.224. The van der Waals surface area contributed by atoms with Gasteiger partial charge in [0, 0.05) is 19.0 Å². The summed E-state index contributed by atoms with van der Waals surface area (Å²) in [5.74, 6) is 0.224. The number of carbonyl (C=O) groups is 1. The second-order valence-corrected chi connectivity index (χ2v) is 4.39. The van der Waals surface area contributed by atoms with Gasteiger partial charge in [-0.05, 0) is 32.2 Å². The normalized spacial score (nSPS) is 20.5. The van der Waals surface area contributed by atoms with Crippen molar-refractivity contribution in [2.24, 2.45) is 0 Å². The maximum atomic E-state index is 11.4. The highest BCUT2D eigenvalue weighted by atomic mass is 16.1. The lowest BCUT2D eigenvalue weighted by atomic mass is 10.1. The first-order valence-electron chi connectivity index (χ1n) is 6.33. The highest BCUT2D eigenvalue weighted by Crippen LogP contribution is 2.07. The number of unbranched alkanes of at least 4 members (excludes halogenated alkanes) is 2. The van der Waals surface area contributed by atoms with Crippen molar-refractivity contribution in [3.63, 3.8) is 0 Å². The third-order valence-electron chi connectivity index (χ3n) is 2.98. The van der Waals surface area contributed by atoms with E-state index in [1.165, 1.54) is 19.3 Å². The lowest BCUT2D eigenvalue weighted by Crippen LogP contribution is -2.30. The van der Waals surface area contributed by atoms with Crippen LogP contribution in [-0.4, -0.2) is 25.0 Å². The van der Waals surface area contributed by atoms with Crippen molar-refractivity contribution < 1.29 is 4.79 Å². The fourth-order valence-electron chi connectivity index (χ4n) is 2.01. The lowest BCUT2D eigenvalue weighted by Gasteiger charge is -2.10. The Morgan fingerprint density at radius 3 is 3.00 bits per heavy atom. The highest BCUT2D eigenvalue weighted by Gasteiger charge is 2.13. The van der Waals surface area contributed by atoms with E-state index >= 15 is 0 Å². The van der Waals surface area contributed by atoms with Crippen LogP contribution in [0.1, 0.15) is 51.9 Å². The van der Waals surface area contributed by atoms with Gasteiger partial charge in [0.25, 0.3) is 0 Å². The molecular weight excluding hydrogens is 188 g/mol. The van der Waals surface area contributed by atoms with E-state index in [1.807, 2.05) is 0 Å². The molecule has 0 saturated carbocycles. The van der Waals surface area contributed by atoms with Crippen molar-refractivity contribution in [2.75, 3.05) is 13.1 Å². The Bertz CT molecular complexity index is 176. The van der Waals surface area contributed by atoms with Crippen molar-refractivity contribution in [3.8, 4) is 0 Å². The zero-order valence-electron chi connectivity index (χ0n) is 9.85. The van der Waals surface area contributed by atoms with E-state index < -0.39 is 0 Å². The molecule has 1 rings (SSSR count). The molecule has 0 aliphatic carbocycles. The van der Waals surface area contributed by atoms with E-state index in [-0.39, 0.29) is 5.91 Å². The Balaban J connectivity index is 1.91. The highest BCUT2D eigenvalue weighted by molar-refractivity contribution is 5.75. The summed E-state index contributed by atoms with van der Waals surface area (Å²) in [6, 6.07) is 0.640. The molecule has 0 bridgehead atoms. The molecule has 1 amide bonds. The molecule has 0 aromatic carbocycles. The summed E-state index contributed by atoms with van der Waals surface area (Å²) in [4.78, 5) is 11.4. The van der Waals surface area contributed by atoms with E-state index in [1.54, 1.807) is 0 Å². The molecule has 0 aromatic heterocycles. The molecule has 1 aliphatic heterocycles. The summed E-state index contributed by atoms with van der Waals surface area (Å²) in [5, 5.41) is 6.42. The fourth-order valence-corrected chi connectivity index (χ4v) is 2.01. The van der Waals surface area contributed by atoms with E-state index in [0.717, 1.165) is 32.4 Å². The van der Waals surface area contributed by atoms with Crippen LogP contribution in [0.15, 0.2) is 0 Å². The average molecular weight is 212 g/mol. The molecule has 2 N–H and O–H groups in total. The number of rotatable bonds is 7. The van der Waals surface area contributed by atoms with E-state index in [2.05, 4.69) is 17.6 Å². The number of nitrogens with one attached hydrogen (secondary N) is 2. The zero-order chi connectivity index (χ0) is 10.9. The monoisotopic (exact) mass is 212 g/mol. The maximum absolute atomic E-state index is 11.4. The molecular formula is C12H24N2O. The Labute approximate surface area is 93.0 Å². The second-order valence-electron chi connectivity index (χ2n) is 4.39. The Kier molecular flexibility index (Phi) is 6.41. The number of hydrogen-bond acceptors (Lipinski definition) is 2. The van der Waals surface area contributed by atoms with Crippen LogP contribution < -0.4 is 10.6 Å². The fraction of sp³-hybridized carbons (Fsp3) is 0.917. The minimum absolute atomic E-state index is 0.224. The SMILES string of the molecule is CCCCCC(=O)NCC[C@@H]1CCCN1. The summed E-state index contributed by atoms with van der Waals surface area (Å²) in [5.41, 5.74) is 0. The summed E-state index contributed by atoms with van der Waals surface area (Å²) in [6.45, 7) is 4.14. The van der Waals surface area contributed by atoms with Gasteiger partial charge in [-0.2, -0.15) is 0 Å². The average Bonchev–Trinajstić information content (AvgIpc) is 2.71. The molecule has 3 heteroatoms. The van der Waals surface area contributed by atoms with Crippen molar-refractivity contribution in [2.45, 2.75) is 57.9 Å². The van der Waals surface area contributed by atoms with Crippen LogP contribution in [0.4, 0.5) is 0 Å². The van der Waals surface area contributed by atoms with Gasteiger partial charge in [0.15, 0.2) is 0 Å². The van der Waals surface area contributed by atoms with E-state index in [0.29, 0.717) is 12.5 Å². The molecule has 0 spiro atoms. The van der Waals surface area contributed by atoms with Crippen LogP contribution in [0.25, 0.3) is 0 Å². The predicted octanol–water partition coefficient (Wildman–Crippen LogP) is 1.82. The van der Waals surface area contributed by atoms with Crippen molar-refractivity contribution in [1.29, 1.82) is 0 Å². The molecule has 1 fully saturated rings. The molecule has 0 unspecified atom stereocenters. The minimum Gasteiger partial charge on any atom is -0.356 e. The van der Waals surface area contributed by atoms with Gasteiger partial charge in [-0.15, -0.1) is 0 Å². The summed E-state index contributed by atoms with van der Waals surface area (Å²) < 4.78 is 0. The molecule has 88 valence electrons. The van der Waals surface area contributed by atoms with Crippen LogP contribution >= 0.6 is 0 Å². The second kappa shape index (κ2) is 7.69. The molecule has 3 nitrogen and oxygen atoms in total. The van der Waals surface area contributed by atoms with Gasteiger partial charge in [0.2, 0.25) is 5.91 Å². The van der Waals surface area contributed by atoms with Crippen LogP contribution in [0.2, 0.25) is 0 Å². The number of carbonyl (C=O) groups excluding carboxylic acids is 1. The van der Waals surface area contributed by atoms with Gasteiger partial charge < -0.3 is 10.6 Å². The molecule has 0 radical (unpaired) electrons. The Morgan fingerprint density at radius 1 is 1.47 bits per heavy atom. The van der Waals surface area contributed by atoms with Crippen LogP contribution in [0.5, 0.6) is 0 Å².